The van der Waals surface area contributed by atoms with Gasteiger partial charge in [0.25, 0.3) is 0 Å². The van der Waals surface area contributed by atoms with Crippen molar-refractivity contribution in [1.29, 1.82) is 0 Å². The summed E-state index contributed by atoms with van der Waals surface area (Å²) in [5.74, 6) is -0.0489. The maximum atomic E-state index is 11.9. The number of carbonyl (C=O) groups excluding carboxylic acids is 1. The lowest BCUT2D eigenvalue weighted by atomic mass is 9.98. The molecule has 20 heavy (non-hydrogen) atoms. The third-order valence-corrected chi connectivity index (χ3v) is 4.11. The number of ether oxygens (including phenoxy) is 1. The SMILES string of the molecule is CC(C)(C)c1nnc(CNC(=O)C2COCCN2)s1.Cl. The number of aromatic nitrogens is 2. The quantitative estimate of drug-likeness (QED) is 0.864. The molecule has 0 aromatic carbocycles. The Kier molecular flexibility index (Phi) is 6.32. The van der Waals surface area contributed by atoms with Gasteiger partial charge in [0, 0.05) is 12.0 Å². The van der Waals surface area contributed by atoms with Crippen molar-refractivity contribution < 1.29 is 9.53 Å². The van der Waals surface area contributed by atoms with Crippen molar-refractivity contribution in [1.82, 2.24) is 20.8 Å². The van der Waals surface area contributed by atoms with Gasteiger partial charge in [0.15, 0.2) is 0 Å². The molecule has 2 rings (SSSR count). The third kappa shape index (κ3) is 4.66. The number of nitrogens with one attached hydrogen (secondary N) is 2. The number of rotatable bonds is 3. The van der Waals surface area contributed by atoms with Crippen LogP contribution >= 0.6 is 23.7 Å². The molecule has 1 aliphatic heterocycles. The topological polar surface area (TPSA) is 76.1 Å². The molecule has 2 N–H and O–H groups in total. The molecule has 114 valence electrons. The van der Waals surface area contributed by atoms with Gasteiger partial charge in [-0.25, -0.2) is 0 Å². The molecule has 8 heteroatoms. The molecule has 0 radical (unpaired) electrons. The Morgan fingerprint density at radius 3 is 2.80 bits per heavy atom. The largest absolute Gasteiger partial charge is 0.378 e. The van der Waals surface area contributed by atoms with Gasteiger partial charge >= 0.3 is 0 Å². The van der Waals surface area contributed by atoms with Crippen LogP contribution in [-0.4, -0.2) is 41.9 Å². The van der Waals surface area contributed by atoms with Crippen LogP contribution in [0.3, 0.4) is 0 Å². The molecule has 1 unspecified atom stereocenters. The van der Waals surface area contributed by atoms with Crippen molar-refractivity contribution in [3.8, 4) is 0 Å². The predicted octanol–water partition coefficient (Wildman–Crippen LogP) is 0.862. The highest BCUT2D eigenvalue weighted by atomic mass is 35.5. The molecule has 0 spiro atoms. The first kappa shape index (κ1) is 17.3. The van der Waals surface area contributed by atoms with E-state index in [0.717, 1.165) is 10.0 Å². The summed E-state index contributed by atoms with van der Waals surface area (Å²) in [5, 5.41) is 16.0. The molecule has 0 aliphatic carbocycles. The monoisotopic (exact) mass is 320 g/mol. The van der Waals surface area contributed by atoms with Crippen molar-refractivity contribution in [2.24, 2.45) is 0 Å². The molecule has 6 nitrogen and oxygen atoms in total. The zero-order valence-corrected chi connectivity index (χ0v) is 13.6. The van der Waals surface area contributed by atoms with Gasteiger partial charge in [0.2, 0.25) is 5.91 Å². The van der Waals surface area contributed by atoms with E-state index in [1.54, 1.807) is 0 Å². The number of nitrogens with zero attached hydrogens (tertiary/aromatic N) is 2. The van der Waals surface area contributed by atoms with Gasteiger partial charge in [-0.1, -0.05) is 32.1 Å². The van der Waals surface area contributed by atoms with Gasteiger partial charge in [0.05, 0.1) is 19.8 Å². The fourth-order valence-electron chi connectivity index (χ4n) is 1.65. The molecule has 1 aromatic heterocycles. The molecule has 1 amide bonds. The zero-order chi connectivity index (χ0) is 13.9. The Hall–Kier alpha value is -0.760. The van der Waals surface area contributed by atoms with E-state index in [1.165, 1.54) is 11.3 Å². The average Bonchev–Trinajstić information content (AvgIpc) is 2.86. The van der Waals surface area contributed by atoms with Crippen molar-refractivity contribution >= 4 is 29.7 Å². The lowest BCUT2D eigenvalue weighted by Crippen LogP contribution is -2.51. The number of halogens is 1. The Morgan fingerprint density at radius 1 is 1.50 bits per heavy atom. The number of hydrogen-bond acceptors (Lipinski definition) is 6. The minimum Gasteiger partial charge on any atom is -0.378 e. The van der Waals surface area contributed by atoms with Gasteiger partial charge < -0.3 is 15.4 Å². The number of carbonyl (C=O) groups is 1. The van der Waals surface area contributed by atoms with E-state index in [-0.39, 0.29) is 29.8 Å². The van der Waals surface area contributed by atoms with E-state index < -0.39 is 0 Å². The summed E-state index contributed by atoms with van der Waals surface area (Å²) in [6.45, 7) is 8.51. The molecule has 1 aromatic rings. The molecule has 1 atom stereocenters. The van der Waals surface area contributed by atoms with Crippen molar-refractivity contribution in [2.45, 2.75) is 38.8 Å². The standard InChI is InChI=1S/C12H20N4O2S.ClH/c1-12(2,3)11-16-15-9(19-11)6-14-10(17)8-7-18-5-4-13-8;/h8,13H,4-7H2,1-3H3,(H,14,17);1H. The van der Waals surface area contributed by atoms with E-state index in [9.17, 15) is 4.79 Å². The minimum atomic E-state index is -0.260. The summed E-state index contributed by atoms with van der Waals surface area (Å²) in [5.41, 5.74) is -0.00130. The highest BCUT2D eigenvalue weighted by Crippen LogP contribution is 2.25. The normalized spacial score (nSPS) is 19.2. The molecular weight excluding hydrogens is 300 g/mol. The fourth-order valence-corrected chi connectivity index (χ4v) is 2.48. The number of hydrogen-bond donors (Lipinski definition) is 2. The fraction of sp³-hybridized carbons (Fsp3) is 0.750. The van der Waals surface area contributed by atoms with E-state index in [0.29, 0.717) is 26.3 Å². The van der Waals surface area contributed by atoms with Crippen LogP contribution in [0.25, 0.3) is 0 Å². The Bertz CT molecular complexity index is 441. The van der Waals surface area contributed by atoms with Crippen molar-refractivity contribution in [3.63, 3.8) is 0 Å². The van der Waals surface area contributed by atoms with E-state index in [2.05, 4.69) is 41.6 Å². The lowest BCUT2D eigenvalue weighted by molar-refractivity contribution is -0.126. The smallest absolute Gasteiger partial charge is 0.239 e. The summed E-state index contributed by atoms with van der Waals surface area (Å²) >= 11 is 1.54. The maximum absolute atomic E-state index is 11.9. The second kappa shape index (κ2) is 7.31. The summed E-state index contributed by atoms with van der Waals surface area (Å²) in [6, 6.07) is -0.260. The van der Waals surface area contributed by atoms with Crippen LogP contribution in [0, 0.1) is 0 Å². The van der Waals surface area contributed by atoms with E-state index in [1.807, 2.05) is 0 Å². The van der Waals surface area contributed by atoms with Crippen LogP contribution in [-0.2, 0) is 21.5 Å². The van der Waals surface area contributed by atoms with Crippen LogP contribution in [0.15, 0.2) is 0 Å². The second-order valence-electron chi connectivity index (χ2n) is 5.55. The minimum absolute atomic E-state index is 0. The van der Waals surface area contributed by atoms with Crippen LogP contribution in [0.4, 0.5) is 0 Å². The Labute approximate surface area is 129 Å². The Morgan fingerprint density at radius 2 is 2.25 bits per heavy atom. The average molecular weight is 321 g/mol. The van der Waals surface area contributed by atoms with Gasteiger partial charge in [-0.2, -0.15) is 0 Å². The van der Waals surface area contributed by atoms with Gasteiger partial charge in [-0.05, 0) is 0 Å². The molecule has 1 saturated heterocycles. The first-order chi connectivity index (χ1) is 8.97. The van der Waals surface area contributed by atoms with Gasteiger partial charge in [-0.3, -0.25) is 4.79 Å². The second-order valence-corrected chi connectivity index (χ2v) is 6.61. The lowest BCUT2D eigenvalue weighted by Gasteiger charge is -2.22. The first-order valence-electron chi connectivity index (χ1n) is 6.38. The highest BCUT2D eigenvalue weighted by Gasteiger charge is 2.22. The zero-order valence-electron chi connectivity index (χ0n) is 11.9. The number of amides is 1. The molecule has 0 bridgehead atoms. The van der Waals surface area contributed by atoms with E-state index in [4.69, 9.17) is 4.74 Å². The van der Waals surface area contributed by atoms with Gasteiger partial charge in [-0.15, -0.1) is 22.6 Å². The predicted molar refractivity (Wildman–Crippen MR) is 80.3 cm³/mol. The first-order valence-corrected chi connectivity index (χ1v) is 7.20. The number of morpholine rings is 1. The maximum Gasteiger partial charge on any atom is 0.239 e. The molecule has 1 fully saturated rings. The van der Waals surface area contributed by atoms with Gasteiger partial charge in [0.1, 0.15) is 16.1 Å². The van der Waals surface area contributed by atoms with Crippen LogP contribution in [0.1, 0.15) is 30.8 Å². The van der Waals surface area contributed by atoms with E-state index >= 15 is 0 Å². The third-order valence-electron chi connectivity index (χ3n) is 2.76. The summed E-state index contributed by atoms with van der Waals surface area (Å²) in [4.78, 5) is 11.9. The van der Waals surface area contributed by atoms with Crippen molar-refractivity contribution in [2.75, 3.05) is 19.8 Å². The highest BCUT2D eigenvalue weighted by molar-refractivity contribution is 7.11. The Balaban J connectivity index is 0.00000200. The summed E-state index contributed by atoms with van der Waals surface area (Å²) < 4.78 is 5.26. The summed E-state index contributed by atoms with van der Waals surface area (Å²) in [7, 11) is 0. The van der Waals surface area contributed by atoms with Crippen LogP contribution in [0.2, 0.25) is 0 Å². The molecule has 0 saturated carbocycles. The van der Waals surface area contributed by atoms with Crippen molar-refractivity contribution in [3.05, 3.63) is 10.0 Å². The van der Waals surface area contributed by atoms with Crippen LogP contribution < -0.4 is 10.6 Å². The van der Waals surface area contributed by atoms with Crippen LogP contribution in [0.5, 0.6) is 0 Å². The summed E-state index contributed by atoms with van der Waals surface area (Å²) in [6.07, 6.45) is 0. The molecule has 1 aliphatic rings. The molecule has 2 heterocycles. The molecular formula is C12H21ClN4O2S.